The summed E-state index contributed by atoms with van der Waals surface area (Å²) in [5.41, 5.74) is 3.06. The monoisotopic (exact) mass is 457 g/mol. The van der Waals surface area contributed by atoms with Gasteiger partial charge in [0.2, 0.25) is 5.91 Å². The Balaban J connectivity index is 1.49. The van der Waals surface area contributed by atoms with E-state index in [0.29, 0.717) is 10.0 Å². The number of amides is 1. The molecule has 2 atom stereocenters. The van der Waals surface area contributed by atoms with E-state index in [-0.39, 0.29) is 24.3 Å². The fourth-order valence-electron chi connectivity index (χ4n) is 3.60. The first-order valence-electron chi connectivity index (χ1n) is 9.68. The summed E-state index contributed by atoms with van der Waals surface area (Å²) in [5.74, 6) is 0.0567. The molecule has 0 radical (unpaired) electrons. The molecule has 2 heterocycles. The Labute approximate surface area is 189 Å². The maximum absolute atomic E-state index is 12.7. The summed E-state index contributed by atoms with van der Waals surface area (Å²) in [6.45, 7) is 2.04. The van der Waals surface area contributed by atoms with Crippen LogP contribution in [-0.2, 0) is 17.6 Å². The molecule has 0 aliphatic carbocycles. The third kappa shape index (κ3) is 5.04. The second-order valence-electron chi connectivity index (χ2n) is 7.35. The molecule has 0 saturated carbocycles. The summed E-state index contributed by atoms with van der Waals surface area (Å²) in [7, 11) is 0. The number of fused-ring (bicyclic) bond motifs is 1. The fourth-order valence-corrected chi connectivity index (χ4v) is 4.57. The summed E-state index contributed by atoms with van der Waals surface area (Å²) in [4.78, 5) is 18.1. The predicted molar refractivity (Wildman–Crippen MR) is 124 cm³/mol. The third-order valence-electron chi connectivity index (χ3n) is 5.14. The maximum Gasteiger partial charge on any atom is 0.226 e. The van der Waals surface area contributed by atoms with Crippen molar-refractivity contribution in [2.24, 2.45) is 0 Å². The molecule has 0 aliphatic rings. The van der Waals surface area contributed by atoms with E-state index in [4.69, 9.17) is 23.2 Å². The van der Waals surface area contributed by atoms with Gasteiger partial charge in [-0.15, -0.1) is 11.3 Å². The minimum Gasteiger partial charge on any atom is -0.353 e. The Bertz CT molecular complexity index is 1110. The lowest BCUT2D eigenvalue weighted by Gasteiger charge is -2.26. The van der Waals surface area contributed by atoms with Gasteiger partial charge in [-0.25, -0.2) is 4.98 Å². The van der Waals surface area contributed by atoms with Gasteiger partial charge in [-0.3, -0.25) is 9.20 Å². The molecule has 0 spiro atoms. The average molecular weight is 458 g/mol. The van der Waals surface area contributed by atoms with E-state index in [1.54, 1.807) is 11.3 Å². The number of carbonyl (C=O) groups is 1. The zero-order valence-electron chi connectivity index (χ0n) is 16.4. The van der Waals surface area contributed by atoms with Crippen molar-refractivity contribution in [1.29, 1.82) is 0 Å². The number of rotatable bonds is 7. The van der Waals surface area contributed by atoms with Gasteiger partial charge >= 0.3 is 0 Å². The van der Waals surface area contributed by atoms with Gasteiger partial charge in [-0.1, -0.05) is 47.5 Å². The van der Waals surface area contributed by atoms with Crippen molar-refractivity contribution in [3.05, 3.63) is 93.2 Å². The lowest BCUT2D eigenvalue weighted by atomic mass is 9.86. The Morgan fingerprint density at radius 1 is 1.10 bits per heavy atom. The Kier molecular flexibility index (Phi) is 6.42. The third-order valence-corrected chi connectivity index (χ3v) is 6.42. The molecule has 154 valence electrons. The van der Waals surface area contributed by atoms with Crippen LogP contribution in [0.3, 0.4) is 0 Å². The Hall–Kier alpha value is -2.34. The SMILES string of the molecule is C[C@@H](NC(=O)Cc1cn2ccsc2n1)[C@H](Cc1ccc(Cl)cc1)c1ccc(Cl)cc1. The number of thiazole rings is 1. The van der Waals surface area contributed by atoms with Crippen LogP contribution in [0.15, 0.2) is 66.3 Å². The highest BCUT2D eigenvalue weighted by Crippen LogP contribution is 2.27. The van der Waals surface area contributed by atoms with Crippen molar-refractivity contribution < 1.29 is 4.79 Å². The molecular weight excluding hydrogens is 437 g/mol. The lowest BCUT2D eigenvalue weighted by molar-refractivity contribution is -0.121. The maximum atomic E-state index is 12.7. The van der Waals surface area contributed by atoms with Crippen molar-refractivity contribution >= 4 is 45.4 Å². The van der Waals surface area contributed by atoms with E-state index in [1.807, 2.05) is 77.6 Å². The number of nitrogens with one attached hydrogen (secondary N) is 1. The largest absolute Gasteiger partial charge is 0.353 e. The van der Waals surface area contributed by atoms with Crippen LogP contribution in [0.4, 0.5) is 0 Å². The van der Waals surface area contributed by atoms with Gasteiger partial charge in [0, 0.05) is 39.8 Å². The van der Waals surface area contributed by atoms with Crippen molar-refractivity contribution in [2.45, 2.75) is 31.7 Å². The minimum atomic E-state index is -0.0712. The highest BCUT2D eigenvalue weighted by Gasteiger charge is 2.22. The normalized spacial score (nSPS) is 13.3. The van der Waals surface area contributed by atoms with Gasteiger partial charge in [0.25, 0.3) is 0 Å². The van der Waals surface area contributed by atoms with Gasteiger partial charge in [0.1, 0.15) is 0 Å². The average Bonchev–Trinajstić information content (AvgIpc) is 3.30. The van der Waals surface area contributed by atoms with Crippen LogP contribution < -0.4 is 5.32 Å². The van der Waals surface area contributed by atoms with Crippen LogP contribution in [0.2, 0.25) is 10.0 Å². The van der Waals surface area contributed by atoms with Crippen LogP contribution >= 0.6 is 34.5 Å². The van der Waals surface area contributed by atoms with E-state index in [2.05, 4.69) is 10.3 Å². The molecule has 30 heavy (non-hydrogen) atoms. The molecule has 0 bridgehead atoms. The van der Waals surface area contributed by atoms with Crippen molar-refractivity contribution in [2.75, 3.05) is 0 Å². The van der Waals surface area contributed by atoms with Gasteiger partial charge in [0.05, 0.1) is 12.1 Å². The molecule has 0 fully saturated rings. The number of benzene rings is 2. The molecule has 1 amide bonds. The molecular formula is C23H21Cl2N3OS. The predicted octanol–water partition coefficient (Wildman–Crippen LogP) is 5.78. The number of hydrogen-bond acceptors (Lipinski definition) is 3. The second-order valence-corrected chi connectivity index (χ2v) is 9.09. The molecule has 1 N–H and O–H groups in total. The number of aromatic nitrogens is 2. The number of halogens is 2. The lowest BCUT2D eigenvalue weighted by Crippen LogP contribution is -2.38. The van der Waals surface area contributed by atoms with Crippen LogP contribution in [0.1, 0.15) is 29.7 Å². The Morgan fingerprint density at radius 3 is 2.43 bits per heavy atom. The molecule has 0 unspecified atom stereocenters. The standard InChI is InChI=1S/C23H21Cl2N3OS/c1-15(26-22(29)13-20-14-28-10-11-30-23(28)27-20)21(17-4-8-19(25)9-5-17)12-16-2-6-18(24)7-3-16/h2-11,14-15,21H,12-13H2,1H3,(H,26,29)/t15-,21+/m1/s1. The van der Waals surface area contributed by atoms with Gasteiger partial charge in [-0.2, -0.15) is 0 Å². The van der Waals surface area contributed by atoms with E-state index in [9.17, 15) is 4.79 Å². The van der Waals surface area contributed by atoms with Crippen LogP contribution in [0.25, 0.3) is 4.96 Å². The van der Waals surface area contributed by atoms with Crippen LogP contribution in [0, 0.1) is 0 Å². The van der Waals surface area contributed by atoms with Gasteiger partial charge in [0.15, 0.2) is 4.96 Å². The topological polar surface area (TPSA) is 46.4 Å². The first-order valence-corrected chi connectivity index (χ1v) is 11.3. The fraction of sp³-hybridized carbons (Fsp3) is 0.217. The van der Waals surface area contributed by atoms with E-state index < -0.39 is 0 Å². The first kappa shape index (κ1) is 20.9. The molecule has 4 aromatic rings. The smallest absolute Gasteiger partial charge is 0.226 e. The second kappa shape index (κ2) is 9.21. The summed E-state index contributed by atoms with van der Waals surface area (Å²) in [5, 5.41) is 6.55. The molecule has 0 aliphatic heterocycles. The van der Waals surface area contributed by atoms with Crippen molar-refractivity contribution in [1.82, 2.24) is 14.7 Å². The zero-order valence-corrected chi connectivity index (χ0v) is 18.7. The highest BCUT2D eigenvalue weighted by molar-refractivity contribution is 7.15. The molecule has 2 aromatic carbocycles. The van der Waals surface area contributed by atoms with E-state index >= 15 is 0 Å². The quantitative estimate of drug-likeness (QED) is 0.382. The van der Waals surface area contributed by atoms with E-state index in [0.717, 1.165) is 28.2 Å². The van der Waals surface area contributed by atoms with E-state index in [1.165, 1.54) is 0 Å². The summed E-state index contributed by atoms with van der Waals surface area (Å²) in [6, 6.07) is 15.6. The molecule has 0 saturated heterocycles. The molecule has 4 rings (SSSR count). The summed E-state index contributed by atoms with van der Waals surface area (Å²) >= 11 is 13.7. The number of nitrogens with zero attached hydrogens (tertiary/aromatic N) is 2. The Morgan fingerprint density at radius 2 is 1.77 bits per heavy atom. The highest BCUT2D eigenvalue weighted by atomic mass is 35.5. The van der Waals surface area contributed by atoms with Gasteiger partial charge in [-0.05, 0) is 48.7 Å². The summed E-state index contributed by atoms with van der Waals surface area (Å²) < 4.78 is 1.94. The van der Waals surface area contributed by atoms with Crippen LogP contribution in [0.5, 0.6) is 0 Å². The first-order chi connectivity index (χ1) is 14.5. The zero-order chi connectivity index (χ0) is 21.1. The molecule has 2 aromatic heterocycles. The van der Waals surface area contributed by atoms with Gasteiger partial charge < -0.3 is 5.32 Å². The number of carbonyl (C=O) groups excluding carboxylic acids is 1. The van der Waals surface area contributed by atoms with Crippen LogP contribution in [-0.4, -0.2) is 21.3 Å². The number of imidazole rings is 1. The summed E-state index contributed by atoms with van der Waals surface area (Å²) in [6.07, 6.45) is 4.88. The molecule has 7 heteroatoms. The molecule has 4 nitrogen and oxygen atoms in total. The minimum absolute atomic E-state index is 0.0386. The number of hydrogen-bond donors (Lipinski definition) is 1. The van der Waals surface area contributed by atoms with Crippen molar-refractivity contribution in [3.8, 4) is 0 Å². The van der Waals surface area contributed by atoms with Crippen molar-refractivity contribution in [3.63, 3.8) is 0 Å².